The monoisotopic (exact) mass is 325 g/mol. The van der Waals surface area contributed by atoms with Gasteiger partial charge in [0.2, 0.25) is 0 Å². The van der Waals surface area contributed by atoms with Gasteiger partial charge in [0.15, 0.2) is 0 Å². The van der Waals surface area contributed by atoms with Gasteiger partial charge in [0.25, 0.3) is 0 Å². The first-order valence-corrected chi connectivity index (χ1v) is 8.53. The molecule has 0 radical (unpaired) electrons. The zero-order chi connectivity index (χ0) is 14.1. The van der Waals surface area contributed by atoms with Gasteiger partial charge in [-0.1, -0.05) is 35.3 Å². The third-order valence-corrected chi connectivity index (χ3v) is 5.96. The smallest absolute Gasteiger partial charge is 0.0640 e. The van der Waals surface area contributed by atoms with Gasteiger partial charge in [-0.25, -0.2) is 0 Å². The summed E-state index contributed by atoms with van der Waals surface area (Å²) in [5, 5.41) is 6.96. The van der Waals surface area contributed by atoms with Gasteiger partial charge in [0, 0.05) is 16.8 Å². The number of hydrogen-bond donors (Lipinski definition) is 1. The lowest BCUT2D eigenvalue weighted by Gasteiger charge is -2.31. The number of hydrogen-bond acceptors (Lipinski definition) is 2. The predicted molar refractivity (Wildman–Crippen MR) is 88.3 cm³/mol. The van der Waals surface area contributed by atoms with Crippen LogP contribution < -0.4 is 5.32 Å². The summed E-state index contributed by atoms with van der Waals surface area (Å²) >= 11 is 14.5. The van der Waals surface area contributed by atoms with E-state index >= 15 is 0 Å². The van der Waals surface area contributed by atoms with E-state index in [0.29, 0.717) is 16.0 Å². The van der Waals surface area contributed by atoms with Crippen molar-refractivity contribution in [1.82, 2.24) is 5.32 Å². The number of fused-ring (bicyclic) bond motifs is 1. The molecular weight excluding hydrogens is 309 g/mol. The molecule has 0 saturated heterocycles. The van der Waals surface area contributed by atoms with Gasteiger partial charge in [0.05, 0.1) is 10.0 Å². The second kappa shape index (κ2) is 6.07. The van der Waals surface area contributed by atoms with Crippen LogP contribution in [0, 0.1) is 0 Å². The van der Waals surface area contributed by atoms with E-state index in [-0.39, 0.29) is 6.04 Å². The van der Waals surface area contributed by atoms with Crippen molar-refractivity contribution in [2.24, 2.45) is 0 Å². The number of rotatable bonds is 3. The van der Waals surface area contributed by atoms with Crippen molar-refractivity contribution in [3.63, 3.8) is 0 Å². The van der Waals surface area contributed by atoms with Crippen LogP contribution in [0.1, 0.15) is 40.8 Å². The van der Waals surface area contributed by atoms with Crippen LogP contribution in [-0.2, 0) is 6.42 Å². The van der Waals surface area contributed by atoms with Crippen molar-refractivity contribution in [2.75, 3.05) is 7.05 Å². The molecule has 0 saturated carbocycles. The molecule has 20 heavy (non-hydrogen) atoms. The lowest BCUT2D eigenvalue weighted by molar-refractivity contribution is 0.428. The lowest BCUT2D eigenvalue weighted by atomic mass is 9.80. The van der Waals surface area contributed by atoms with Crippen molar-refractivity contribution in [3.8, 4) is 0 Å². The van der Waals surface area contributed by atoms with Crippen molar-refractivity contribution >= 4 is 34.5 Å². The molecule has 0 aliphatic heterocycles. The van der Waals surface area contributed by atoms with E-state index in [4.69, 9.17) is 23.2 Å². The number of likely N-dealkylation sites (N-methyl/N-ethyl adjacent to an activating group) is 1. The molecule has 4 heteroatoms. The van der Waals surface area contributed by atoms with E-state index in [0.717, 1.165) is 5.56 Å². The molecule has 1 heterocycles. The third kappa shape index (κ3) is 2.50. The first-order chi connectivity index (χ1) is 9.72. The minimum absolute atomic E-state index is 0.217. The van der Waals surface area contributed by atoms with Crippen LogP contribution in [0.15, 0.2) is 29.6 Å². The molecule has 0 fully saturated rings. The molecule has 3 rings (SSSR count). The highest BCUT2D eigenvalue weighted by atomic mass is 35.5. The quantitative estimate of drug-likeness (QED) is 0.792. The largest absolute Gasteiger partial charge is 0.312 e. The highest BCUT2D eigenvalue weighted by Crippen LogP contribution is 2.44. The number of thiophene rings is 1. The molecule has 2 aromatic rings. The first kappa shape index (κ1) is 14.4. The Morgan fingerprint density at radius 3 is 2.95 bits per heavy atom. The maximum atomic E-state index is 6.42. The Hall–Kier alpha value is -0.540. The van der Waals surface area contributed by atoms with Crippen LogP contribution in [0.25, 0.3) is 0 Å². The van der Waals surface area contributed by atoms with Crippen LogP contribution >= 0.6 is 34.5 Å². The molecule has 1 aliphatic carbocycles. The van der Waals surface area contributed by atoms with E-state index in [1.165, 1.54) is 29.7 Å². The van der Waals surface area contributed by atoms with Gasteiger partial charge in [-0.3, -0.25) is 0 Å². The highest BCUT2D eigenvalue weighted by molar-refractivity contribution is 7.10. The van der Waals surface area contributed by atoms with Crippen LogP contribution in [0.5, 0.6) is 0 Å². The summed E-state index contributed by atoms with van der Waals surface area (Å²) in [5.74, 6) is 0.478. The standard InChI is InChI=1S/C16H17Cl2NS/c1-19-16(12-5-2-6-13(17)15(12)18)11-4-3-7-14-10(11)8-9-20-14/h2,5-6,8-9,11,16,19H,3-4,7H2,1H3. The zero-order valence-corrected chi connectivity index (χ0v) is 13.7. The minimum Gasteiger partial charge on any atom is -0.312 e. The fraction of sp³-hybridized carbons (Fsp3) is 0.375. The van der Waals surface area contributed by atoms with E-state index < -0.39 is 0 Å². The molecular formula is C16H17Cl2NS. The third-order valence-electron chi connectivity index (χ3n) is 4.13. The van der Waals surface area contributed by atoms with Crippen LogP contribution in [0.2, 0.25) is 10.0 Å². The molecule has 0 amide bonds. The molecule has 106 valence electrons. The predicted octanol–water partition coefficient (Wildman–Crippen LogP) is 5.44. The average molecular weight is 326 g/mol. The summed E-state index contributed by atoms with van der Waals surface area (Å²) < 4.78 is 0. The van der Waals surface area contributed by atoms with Crippen LogP contribution in [0.3, 0.4) is 0 Å². The summed E-state index contributed by atoms with van der Waals surface area (Å²) in [5.41, 5.74) is 2.59. The summed E-state index contributed by atoms with van der Waals surface area (Å²) in [6.07, 6.45) is 3.65. The topological polar surface area (TPSA) is 12.0 Å². The van der Waals surface area contributed by atoms with Gasteiger partial charge in [-0.05, 0) is 54.9 Å². The molecule has 2 atom stereocenters. The molecule has 1 aromatic carbocycles. The maximum Gasteiger partial charge on any atom is 0.0640 e. The van der Waals surface area contributed by atoms with Crippen LogP contribution in [-0.4, -0.2) is 7.05 Å². The Morgan fingerprint density at radius 1 is 1.30 bits per heavy atom. The summed E-state index contributed by atoms with van der Waals surface area (Å²) in [4.78, 5) is 1.53. The SMILES string of the molecule is CNC(c1cccc(Cl)c1Cl)C1CCCc2sccc21. The van der Waals surface area contributed by atoms with Gasteiger partial charge in [-0.15, -0.1) is 11.3 Å². The maximum absolute atomic E-state index is 6.42. The molecule has 0 spiro atoms. The Morgan fingerprint density at radius 2 is 2.15 bits per heavy atom. The Balaban J connectivity index is 2.02. The Kier molecular flexibility index (Phi) is 4.37. The lowest BCUT2D eigenvalue weighted by Crippen LogP contribution is -2.26. The van der Waals surface area contributed by atoms with E-state index in [1.807, 2.05) is 30.5 Å². The first-order valence-electron chi connectivity index (χ1n) is 6.89. The molecule has 1 aromatic heterocycles. The van der Waals surface area contributed by atoms with E-state index in [1.54, 1.807) is 0 Å². The van der Waals surface area contributed by atoms with Gasteiger partial charge >= 0.3 is 0 Å². The van der Waals surface area contributed by atoms with Crippen molar-refractivity contribution in [3.05, 3.63) is 55.7 Å². The average Bonchev–Trinajstić information content (AvgIpc) is 2.93. The minimum atomic E-state index is 0.217. The number of benzene rings is 1. The van der Waals surface area contributed by atoms with E-state index in [2.05, 4.69) is 22.8 Å². The molecule has 1 N–H and O–H groups in total. The second-order valence-electron chi connectivity index (χ2n) is 5.21. The van der Waals surface area contributed by atoms with Gasteiger partial charge < -0.3 is 5.32 Å². The Labute approximate surface area is 133 Å². The normalized spacial score (nSPS) is 19.6. The Bertz CT molecular complexity index is 608. The number of halogens is 2. The van der Waals surface area contributed by atoms with E-state index in [9.17, 15) is 0 Å². The van der Waals surface area contributed by atoms with Crippen molar-refractivity contribution < 1.29 is 0 Å². The van der Waals surface area contributed by atoms with Gasteiger partial charge in [-0.2, -0.15) is 0 Å². The summed E-state index contributed by atoms with van der Waals surface area (Å²) in [7, 11) is 2.00. The van der Waals surface area contributed by atoms with Crippen molar-refractivity contribution in [1.29, 1.82) is 0 Å². The zero-order valence-electron chi connectivity index (χ0n) is 11.3. The highest BCUT2D eigenvalue weighted by Gasteiger charge is 2.30. The van der Waals surface area contributed by atoms with Crippen molar-refractivity contribution in [2.45, 2.75) is 31.2 Å². The summed E-state index contributed by atoms with van der Waals surface area (Å²) in [6, 6.07) is 8.39. The molecule has 1 nitrogen and oxygen atoms in total. The summed E-state index contributed by atoms with van der Waals surface area (Å²) in [6.45, 7) is 0. The molecule has 2 unspecified atom stereocenters. The fourth-order valence-electron chi connectivity index (χ4n) is 3.20. The van der Waals surface area contributed by atoms with Gasteiger partial charge in [0.1, 0.15) is 0 Å². The second-order valence-corrected chi connectivity index (χ2v) is 6.99. The fourth-order valence-corrected chi connectivity index (χ4v) is 4.62. The number of aryl methyl sites for hydroxylation is 1. The molecule has 1 aliphatic rings. The molecule has 0 bridgehead atoms. The van der Waals surface area contributed by atoms with Crippen LogP contribution in [0.4, 0.5) is 0 Å². The number of nitrogens with one attached hydrogen (secondary N) is 1.